The minimum Gasteiger partial charge on any atom is -0.258 e. The summed E-state index contributed by atoms with van der Waals surface area (Å²) in [6.45, 7) is 0. The van der Waals surface area contributed by atoms with E-state index in [0.29, 0.717) is 4.76 Å². The van der Waals surface area contributed by atoms with Gasteiger partial charge in [-0.2, -0.15) is 0 Å². The van der Waals surface area contributed by atoms with Gasteiger partial charge in [0.2, 0.25) is 6.20 Å². The molecule has 0 spiro atoms. The Balaban J connectivity index is 2.67. The van der Waals surface area contributed by atoms with Gasteiger partial charge in [0.05, 0.1) is 15.9 Å². The molecule has 1 unspecified atom stereocenters. The van der Waals surface area contributed by atoms with Crippen molar-refractivity contribution in [2.45, 2.75) is 6.04 Å². The number of fused-ring (bicyclic) bond motifs is 1. The normalized spacial score (nSPS) is 22.2. The van der Waals surface area contributed by atoms with Gasteiger partial charge < -0.3 is 0 Å². The maximum Gasteiger partial charge on any atom is 0.292 e. The molecule has 1 heterocycles. The first-order valence-corrected chi connectivity index (χ1v) is 4.58. The maximum atomic E-state index is 11.4. The molecule has 2 aliphatic rings. The molecule has 0 N–H and O–H groups in total. The van der Waals surface area contributed by atoms with E-state index < -0.39 is 27.3 Å². The predicted molar refractivity (Wildman–Crippen MR) is 54.8 cm³/mol. The zero-order valence-electron chi connectivity index (χ0n) is 8.35. The van der Waals surface area contributed by atoms with E-state index in [-0.39, 0.29) is 5.57 Å². The molecule has 0 bridgehead atoms. The number of hydrogen-bond donors (Lipinski definition) is 0. The summed E-state index contributed by atoms with van der Waals surface area (Å²) in [6.07, 6.45) is 5.81. The number of nitroso groups, excluding NO2 is 1. The molecule has 0 amide bonds. The second-order valence-electron chi connectivity index (χ2n) is 3.37. The molecule has 86 valence electrons. The van der Waals surface area contributed by atoms with E-state index in [0.717, 1.165) is 18.4 Å². The summed E-state index contributed by atoms with van der Waals surface area (Å²) in [5, 5.41) is 21.6. The molecule has 0 saturated carbocycles. The van der Waals surface area contributed by atoms with Gasteiger partial charge in [0.15, 0.2) is 5.57 Å². The molecule has 0 radical (unpaired) electrons. The Hall–Kier alpha value is -2.64. The van der Waals surface area contributed by atoms with Crippen LogP contribution in [0.1, 0.15) is 0 Å². The van der Waals surface area contributed by atoms with Crippen molar-refractivity contribution < 1.29 is 14.6 Å². The summed E-state index contributed by atoms with van der Waals surface area (Å²) in [7, 11) is 0. The van der Waals surface area contributed by atoms with Crippen molar-refractivity contribution in [2.75, 3.05) is 0 Å². The third kappa shape index (κ3) is 1.65. The summed E-state index contributed by atoms with van der Waals surface area (Å²) in [6, 6.07) is -1.01. The topological polar surface area (TPSA) is 106 Å². The minimum atomic E-state index is -1.01. The van der Waals surface area contributed by atoms with Gasteiger partial charge in [0.25, 0.3) is 17.4 Å². The van der Waals surface area contributed by atoms with Gasteiger partial charge in [0, 0.05) is 15.7 Å². The summed E-state index contributed by atoms with van der Waals surface area (Å²) in [5.41, 5.74) is -1.02. The Labute approximate surface area is 94.1 Å². The summed E-state index contributed by atoms with van der Waals surface area (Å²) in [5.74, 6) is 0. The van der Waals surface area contributed by atoms with Crippen LogP contribution in [0, 0.1) is 25.1 Å². The minimum absolute atomic E-state index is 0.181. The Morgan fingerprint density at radius 2 is 1.94 bits per heavy atom. The van der Waals surface area contributed by atoms with Crippen molar-refractivity contribution in [1.82, 2.24) is 0 Å². The SMILES string of the molecule is O=[N+]([O-])C1=CC=CC2C1=C([N+](=O)[O-])C=C[N+]2=O. The molecule has 0 aromatic heterocycles. The van der Waals surface area contributed by atoms with Crippen molar-refractivity contribution in [1.29, 1.82) is 0 Å². The van der Waals surface area contributed by atoms with Crippen LogP contribution in [-0.4, -0.2) is 20.6 Å². The van der Waals surface area contributed by atoms with Crippen molar-refractivity contribution in [3.63, 3.8) is 0 Å². The third-order valence-corrected chi connectivity index (χ3v) is 2.44. The first-order chi connectivity index (χ1) is 8.02. The lowest BCUT2D eigenvalue weighted by Gasteiger charge is -2.11. The Bertz CT molecular complexity index is 555. The number of allylic oxidation sites excluding steroid dienone is 3. The van der Waals surface area contributed by atoms with Gasteiger partial charge in [-0.15, -0.1) is 0 Å². The second kappa shape index (κ2) is 3.74. The number of hydrogen-bond acceptors (Lipinski definition) is 5. The zero-order chi connectivity index (χ0) is 12.6. The lowest BCUT2D eigenvalue weighted by molar-refractivity contribution is -0.513. The second-order valence-corrected chi connectivity index (χ2v) is 3.37. The van der Waals surface area contributed by atoms with Crippen LogP contribution in [0.4, 0.5) is 0 Å². The number of nitro groups is 2. The monoisotopic (exact) mass is 236 g/mol. The first kappa shape index (κ1) is 10.9. The van der Waals surface area contributed by atoms with Gasteiger partial charge in [-0.05, 0) is 6.08 Å². The quantitative estimate of drug-likeness (QED) is 0.402. The molecular weight excluding hydrogens is 230 g/mol. The fraction of sp³-hybridized carbons (Fsp3) is 0.111. The molecule has 1 atom stereocenters. The van der Waals surface area contributed by atoms with Crippen LogP contribution < -0.4 is 0 Å². The molecule has 1 aliphatic carbocycles. The van der Waals surface area contributed by atoms with Crippen LogP contribution in [0.5, 0.6) is 0 Å². The molecule has 1 aliphatic heterocycles. The lowest BCUT2D eigenvalue weighted by Crippen LogP contribution is -2.30. The Kier molecular flexibility index (Phi) is 2.39. The van der Waals surface area contributed by atoms with E-state index in [4.69, 9.17) is 0 Å². The average molecular weight is 236 g/mol. The van der Waals surface area contributed by atoms with Crippen molar-refractivity contribution in [3.8, 4) is 0 Å². The molecular formula is C9H6N3O5+. The summed E-state index contributed by atoms with van der Waals surface area (Å²) < 4.78 is 0.440. The van der Waals surface area contributed by atoms with Gasteiger partial charge in [0.1, 0.15) is 0 Å². The largest absolute Gasteiger partial charge is 0.292 e. The molecule has 0 aromatic rings. The lowest BCUT2D eigenvalue weighted by atomic mass is 9.94. The van der Waals surface area contributed by atoms with Crippen molar-refractivity contribution in [3.05, 3.63) is 72.6 Å². The smallest absolute Gasteiger partial charge is 0.258 e. The van der Waals surface area contributed by atoms with Gasteiger partial charge in [-0.1, -0.05) is 6.08 Å². The predicted octanol–water partition coefficient (Wildman–Crippen LogP) is 0.922. The van der Waals surface area contributed by atoms with Crippen LogP contribution in [0.25, 0.3) is 0 Å². The molecule has 0 aromatic carbocycles. The summed E-state index contributed by atoms with van der Waals surface area (Å²) in [4.78, 5) is 31.5. The number of rotatable bonds is 2. The van der Waals surface area contributed by atoms with Crippen LogP contribution in [0.15, 0.2) is 47.5 Å². The molecule has 0 fully saturated rings. The van der Waals surface area contributed by atoms with E-state index in [1.165, 1.54) is 12.2 Å². The van der Waals surface area contributed by atoms with E-state index in [9.17, 15) is 25.1 Å². The highest BCUT2D eigenvalue weighted by molar-refractivity contribution is 5.44. The molecule has 17 heavy (non-hydrogen) atoms. The van der Waals surface area contributed by atoms with Crippen molar-refractivity contribution >= 4 is 0 Å². The molecule has 2 rings (SSSR count). The van der Waals surface area contributed by atoms with Crippen LogP contribution in [0.2, 0.25) is 0 Å². The fourth-order valence-electron chi connectivity index (χ4n) is 1.73. The van der Waals surface area contributed by atoms with Gasteiger partial charge in [-0.3, -0.25) is 20.2 Å². The van der Waals surface area contributed by atoms with Gasteiger partial charge in [-0.25, -0.2) is 0 Å². The van der Waals surface area contributed by atoms with E-state index in [2.05, 4.69) is 0 Å². The van der Waals surface area contributed by atoms with Gasteiger partial charge >= 0.3 is 0 Å². The van der Waals surface area contributed by atoms with E-state index in [1.807, 2.05) is 0 Å². The van der Waals surface area contributed by atoms with E-state index >= 15 is 0 Å². The van der Waals surface area contributed by atoms with Crippen LogP contribution in [-0.2, 0) is 0 Å². The summed E-state index contributed by atoms with van der Waals surface area (Å²) >= 11 is 0. The standard InChI is InChI=1S/C9H6N3O5/c13-10-5-4-8(12(16)17)9-6(10)2-1-3-7(9)11(14)15/h1-6H/q+1. The maximum absolute atomic E-state index is 11.4. The van der Waals surface area contributed by atoms with Crippen LogP contribution >= 0.6 is 0 Å². The van der Waals surface area contributed by atoms with Crippen molar-refractivity contribution in [2.24, 2.45) is 0 Å². The Morgan fingerprint density at radius 1 is 1.24 bits per heavy atom. The third-order valence-electron chi connectivity index (χ3n) is 2.44. The van der Waals surface area contributed by atoms with E-state index in [1.54, 1.807) is 0 Å². The average Bonchev–Trinajstić information content (AvgIpc) is 2.28. The Morgan fingerprint density at radius 3 is 2.53 bits per heavy atom. The molecule has 0 saturated heterocycles. The highest BCUT2D eigenvalue weighted by Gasteiger charge is 2.45. The first-order valence-electron chi connectivity index (χ1n) is 4.58. The molecule has 8 nitrogen and oxygen atoms in total. The van der Waals surface area contributed by atoms with Crippen LogP contribution in [0.3, 0.4) is 0 Å². The highest BCUT2D eigenvalue weighted by Crippen LogP contribution is 2.29. The fourth-order valence-corrected chi connectivity index (χ4v) is 1.73. The highest BCUT2D eigenvalue weighted by atomic mass is 16.6. The molecule has 8 heteroatoms. The number of nitrogens with zero attached hydrogens (tertiary/aromatic N) is 3. The zero-order valence-corrected chi connectivity index (χ0v) is 8.35.